The summed E-state index contributed by atoms with van der Waals surface area (Å²) < 4.78 is 5.22. The van der Waals surface area contributed by atoms with Gasteiger partial charge in [-0.05, 0) is 41.6 Å². The Morgan fingerprint density at radius 3 is 2.57 bits per heavy atom. The highest BCUT2D eigenvalue weighted by atomic mass is 16.5. The average Bonchev–Trinajstić information content (AvgIpc) is 2.46. The third-order valence-electron chi connectivity index (χ3n) is 3.57. The van der Waals surface area contributed by atoms with E-state index < -0.39 is 5.97 Å². The lowest BCUT2D eigenvalue weighted by atomic mass is 10.1. The van der Waals surface area contributed by atoms with Gasteiger partial charge in [-0.3, -0.25) is 4.79 Å². The Morgan fingerprint density at radius 1 is 1.24 bits per heavy atom. The van der Waals surface area contributed by atoms with E-state index in [9.17, 15) is 4.79 Å². The fraction of sp³-hybridized carbons (Fsp3) is 0.353. The molecule has 0 amide bonds. The maximum atomic E-state index is 10.9. The minimum atomic E-state index is -0.757. The van der Waals surface area contributed by atoms with Gasteiger partial charge in [0.2, 0.25) is 0 Å². The highest BCUT2D eigenvalue weighted by Crippen LogP contribution is 2.22. The van der Waals surface area contributed by atoms with Gasteiger partial charge in [0, 0.05) is 13.1 Å². The quantitative estimate of drug-likeness (QED) is 0.887. The van der Waals surface area contributed by atoms with Gasteiger partial charge in [0.25, 0.3) is 0 Å². The van der Waals surface area contributed by atoms with E-state index in [1.807, 2.05) is 30.1 Å². The number of hydrogen-bond acceptors (Lipinski definition) is 3. The first kappa shape index (κ1) is 15.3. The van der Waals surface area contributed by atoms with Gasteiger partial charge in [-0.2, -0.15) is 0 Å². The van der Waals surface area contributed by atoms with E-state index in [2.05, 4.69) is 18.2 Å². The number of carbonyl (C=O) groups is 1. The predicted molar refractivity (Wildman–Crippen MR) is 83.6 cm³/mol. The number of benzene rings is 2. The number of hydrogen-bond donors (Lipinski definition) is 1. The lowest BCUT2D eigenvalue weighted by molar-refractivity contribution is -0.141. The van der Waals surface area contributed by atoms with Gasteiger partial charge in [0.05, 0.1) is 13.0 Å². The molecule has 0 fully saturated rings. The predicted octanol–water partition coefficient (Wildman–Crippen LogP) is 3.00. The van der Waals surface area contributed by atoms with Crippen molar-refractivity contribution in [1.82, 2.24) is 4.90 Å². The van der Waals surface area contributed by atoms with Gasteiger partial charge in [-0.1, -0.05) is 25.1 Å². The summed E-state index contributed by atoms with van der Waals surface area (Å²) in [6, 6.07) is 12.3. The van der Waals surface area contributed by atoms with E-state index >= 15 is 0 Å². The minimum absolute atomic E-state index is 0.361. The molecule has 1 N–H and O–H groups in total. The number of fused-ring (bicyclic) bond motifs is 1. The first-order valence-corrected chi connectivity index (χ1v) is 6.97. The molecule has 0 heterocycles. The van der Waals surface area contributed by atoms with Crippen LogP contribution >= 0.6 is 0 Å². The average molecular weight is 287 g/mol. The summed E-state index contributed by atoms with van der Waals surface area (Å²) in [7, 11) is 3.60. The number of carboxylic acid groups (broad SMARTS) is 1. The molecule has 0 aromatic heterocycles. The van der Waals surface area contributed by atoms with Crippen LogP contribution in [0.5, 0.6) is 5.75 Å². The van der Waals surface area contributed by atoms with Crippen LogP contribution in [0.15, 0.2) is 36.4 Å². The van der Waals surface area contributed by atoms with Crippen molar-refractivity contribution in [3.05, 3.63) is 42.0 Å². The van der Waals surface area contributed by atoms with Gasteiger partial charge in [0.1, 0.15) is 5.75 Å². The summed E-state index contributed by atoms with van der Waals surface area (Å²) in [6.45, 7) is 3.00. The fourth-order valence-electron chi connectivity index (χ4n) is 2.42. The first-order chi connectivity index (χ1) is 9.99. The third kappa shape index (κ3) is 3.95. The molecule has 112 valence electrons. The van der Waals surface area contributed by atoms with Crippen molar-refractivity contribution >= 4 is 16.7 Å². The normalized spacial score (nSPS) is 12.6. The van der Waals surface area contributed by atoms with Gasteiger partial charge in [-0.15, -0.1) is 0 Å². The number of ether oxygens (including phenoxy) is 1. The van der Waals surface area contributed by atoms with E-state index in [-0.39, 0.29) is 5.92 Å². The molecule has 0 aliphatic heterocycles. The largest absolute Gasteiger partial charge is 0.497 e. The van der Waals surface area contributed by atoms with Crippen LogP contribution in [0.4, 0.5) is 0 Å². The Morgan fingerprint density at radius 2 is 1.90 bits per heavy atom. The van der Waals surface area contributed by atoms with Crippen LogP contribution in [0.3, 0.4) is 0 Å². The van der Waals surface area contributed by atoms with Crippen LogP contribution in [0.2, 0.25) is 0 Å². The molecule has 1 unspecified atom stereocenters. The zero-order valence-electron chi connectivity index (χ0n) is 12.7. The molecule has 0 saturated heterocycles. The summed E-state index contributed by atoms with van der Waals surface area (Å²) in [5.74, 6) is -0.269. The highest BCUT2D eigenvalue weighted by Gasteiger charge is 2.13. The van der Waals surface area contributed by atoms with Gasteiger partial charge in [0.15, 0.2) is 0 Å². The monoisotopic (exact) mass is 287 g/mol. The van der Waals surface area contributed by atoms with Crippen molar-refractivity contribution in [1.29, 1.82) is 0 Å². The van der Waals surface area contributed by atoms with E-state index in [0.717, 1.165) is 23.1 Å². The molecule has 2 aromatic carbocycles. The van der Waals surface area contributed by atoms with Crippen molar-refractivity contribution in [2.24, 2.45) is 5.92 Å². The molecular weight excluding hydrogens is 266 g/mol. The van der Waals surface area contributed by atoms with Gasteiger partial charge in [-0.25, -0.2) is 0 Å². The smallest absolute Gasteiger partial charge is 0.307 e. The molecule has 1 atom stereocenters. The SMILES string of the molecule is COc1ccc2cc(CN(C)CC(C)C(=O)O)ccc2c1. The van der Waals surface area contributed by atoms with Crippen LogP contribution in [0, 0.1) is 5.92 Å². The zero-order chi connectivity index (χ0) is 15.4. The molecule has 0 bridgehead atoms. The second-order valence-corrected chi connectivity index (χ2v) is 5.48. The van der Waals surface area contributed by atoms with Crippen molar-refractivity contribution < 1.29 is 14.6 Å². The lowest BCUT2D eigenvalue weighted by Gasteiger charge is -2.19. The van der Waals surface area contributed by atoms with E-state index in [0.29, 0.717) is 6.54 Å². The summed E-state index contributed by atoms with van der Waals surface area (Å²) >= 11 is 0. The Balaban J connectivity index is 2.10. The highest BCUT2D eigenvalue weighted by molar-refractivity contribution is 5.84. The Hall–Kier alpha value is -2.07. The molecule has 0 aliphatic rings. The molecule has 4 nitrogen and oxygen atoms in total. The van der Waals surface area contributed by atoms with Crippen molar-refractivity contribution in [3.63, 3.8) is 0 Å². The van der Waals surface area contributed by atoms with Crippen LogP contribution in [-0.4, -0.2) is 36.7 Å². The van der Waals surface area contributed by atoms with Crippen LogP contribution in [-0.2, 0) is 11.3 Å². The molecule has 0 spiro atoms. The second-order valence-electron chi connectivity index (χ2n) is 5.48. The lowest BCUT2D eigenvalue weighted by Crippen LogP contribution is -2.28. The van der Waals surface area contributed by atoms with Crippen LogP contribution < -0.4 is 4.74 Å². The second kappa shape index (κ2) is 6.59. The summed E-state index contributed by atoms with van der Waals surface area (Å²) in [4.78, 5) is 12.9. The first-order valence-electron chi connectivity index (χ1n) is 6.97. The molecule has 0 saturated carbocycles. The van der Waals surface area contributed by atoms with E-state index in [4.69, 9.17) is 9.84 Å². The Labute approximate surface area is 124 Å². The number of nitrogens with zero attached hydrogens (tertiary/aromatic N) is 1. The zero-order valence-corrected chi connectivity index (χ0v) is 12.7. The molecule has 0 aliphatic carbocycles. The third-order valence-corrected chi connectivity index (χ3v) is 3.57. The van der Waals surface area contributed by atoms with E-state index in [1.165, 1.54) is 5.56 Å². The van der Waals surface area contributed by atoms with Crippen molar-refractivity contribution in [2.75, 3.05) is 20.7 Å². The molecule has 21 heavy (non-hydrogen) atoms. The Bertz CT molecular complexity index is 639. The molecule has 4 heteroatoms. The maximum absolute atomic E-state index is 10.9. The topological polar surface area (TPSA) is 49.8 Å². The number of carboxylic acids is 1. The van der Waals surface area contributed by atoms with Crippen molar-refractivity contribution in [3.8, 4) is 5.75 Å². The van der Waals surface area contributed by atoms with Crippen LogP contribution in [0.25, 0.3) is 10.8 Å². The van der Waals surface area contributed by atoms with E-state index in [1.54, 1.807) is 14.0 Å². The van der Waals surface area contributed by atoms with Gasteiger partial charge >= 0.3 is 5.97 Å². The summed E-state index contributed by atoms with van der Waals surface area (Å²) in [5, 5.41) is 11.2. The standard InChI is InChI=1S/C17H21NO3/c1-12(17(19)20)10-18(2)11-13-4-5-15-9-16(21-3)7-6-14(15)8-13/h4-9,12H,10-11H2,1-3H3,(H,19,20). The van der Waals surface area contributed by atoms with Gasteiger partial charge < -0.3 is 14.7 Å². The number of aliphatic carboxylic acids is 1. The molecule has 0 radical (unpaired) electrons. The number of rotatable bonds is 6. The molecule has 2 rings (SSSR count). The van der Waals surface area contributed by atoms with Crippen molar-refractivity contribution in [2.45, 2.75) is 13.5 Å². The Kier molecular flexibility index (Phi) is 4.81. The molecule has 2 aromatic rings. The minimum Gasteiger partial charge on any atom is -0.497 e. The summed E-state index contributed by atoms with van der Waals surface area (Å²) in [5.41, 5.74) is 1.17. The molecular formula is C17H21NO3. The van der Waals surface area contributed by atoms with Crippen LogP contribution in [0.1, 0.15) is 12.5 Å². The number of methoxy groups -OCH3 is 1. The fourth-order valence-corrected chi connectivity index (χ4v) is 2.42. The maximum Gasteiger partial charge on any atom is 0.307 e. The summed E-state index contributed by atoms with van der Waals surface area (Å²) in [6.07, 6.45) is 0.